The van der Waals surface area contributed by atoms with Gasteiger partial charge in [-0.1, -0.05) is 0 Å². The number of alkyl halides is 9. The van der Waals surface area contributed by atoms with Gasteiger partial charge in [-0.25, -0.2) is 23.2 Å². The zero-order valence-corrected chi connectivity index (χ0v) is 16.5. The standard InChI is InChI=1S/C15H9F9N4O4S/c1-32-11(29)9-5-25-12(26-10(9)15(22,23)24)27-28-33(30,31)8-3-6(13(16,17)18)2-7(4-8)14(19,20)21/h2-5,28H,1H3,(H,25,26,27). The highest BCUT2D eigenvalue weighted by atomic mass is 32.2. The number of ether oxygens (including phenoxy) is 1. The van der Waals surface area contributed by atoms with Crippen LogP contribution in [0.15, 0.2) is 29.3 Å². The van der Waals surface area contributed by atoms with Crippen molar-refractivity contribution in [2.75, 3.05) is 12.5 Å². The molecule has 33 heavy (non-hydrogen) atoms. The van der Waals surface area contributed by atoms with Gasteiger partial charge in [0.05, 0.1) is 23.1 Å². The molecule has 0 unspecified atom stereocenters. The van der Waals surface area contributed by atoms with Crippen LogP contribution in [0.5, 0.6) is 0 Å². The van der Waals surface area contributed by atoms with Gasteiger partial charge >= 0.3 is 24.5 Å². The quantitative estimate of drug-likeness (QED) is 0.358. The van der Waals surface area contributed by atoms with E-state index >= 15 is 0 Å². The maximum atomic E-state index is 13.1. The number of sulfonamides is 1. The minimum Gasteiger partial charge on any atom is -0.465 e. The number of esters is 1. The molecular weight excluding hydrogens is 503 g/mol. The molecule has 0 fully saturated rings. The molecule has 0 saturated carbocycles. The zero-order chi connectivity index (χ0) is 25.4. The highest BCUT2D eigenvalue weighted by Gasteiger charge is 2.40. The largest absolute Gasteiger partial charge is 0.465 e. The van der Waals surface area contributed by atoms with Crippen LogP contribution in [-0.2, 0) is 33.3 Å². The van der Waals surface area contributed by atoms with Crippen LogP contribution in [0.4, 0.5) is 45.5 Å². The summed E-state index contributed by atoms with van der Waals surface area (Å²) in [4.78, 5) is 17.3. The molecule has 18 heteroatoms. The second kappa shape index (κ2) is 8.65. The molecule has 1 aromatic heterocycles. The van der Waals surface area contributed by atoms with Gasteiger partial charge in [-0.3, -0.25) is 5.43 Å². The molecular formula is C15H9F9N4O4S. The van der Waals surface area contributed by atoms with E-state index in [0.29, 0.717) is 6.20 Å². The predicted octanol–water partition coefficient (Wildman–Crippen LogP) is 3.63. The Morgan fingerprint density at radius 1 is 0.909 bits per heavy atom. The Labute approximate surface area is 177 Å². The van der Waals surface area contributed by atoms with Gasteiger partial charge in [0.15, 0.2) is 5.69 Å². The van der Waals surface area contributed by atoms with Gasteiger partial charge in [-0.15, -0.1) is 4.83 Å². The number of carbonyl (C=O) groups is 1. The zero-order valence-electron chi connectivity index (χ0n) is 15.6. The molecule has 0 bridgehead atoms. The lowest BCUT2D eigenvalue weighted by molar-refractivity contribution is -0.143. The number of hydrogen-bond donors (Lipinski definition) is 2. The van der Waals surface area contributed by atoms with Gasteiger partial charge in [0, 0.05) is 6.20 Å². The average molecular weight is 512 g/mol. The van der Waals surface area contributed by atoms with Crippen molar-refractivity contribution in [1.29, 1.82) is 0 Å². The molecule has 0 atom stereocenters. The molecule has 0 aliphatic heterocycles. The van der Waals surface area contributed by atoms with Crippen LogP contribution in [0.3, 0.4) is 0 Å². The summed E-state index contributed by atoms with van der Waals surface area (Å²) in [7, 11) is -4.46. The molecule has 0 aliphatic carbocycles. The normalized spacial score (nSPS) is 13.0. The maximum absolute atomic E-state index is 13.1. The number of benzene rings is 1. The van der Waals surface area contributed by atoms with Crippen molar-refractivity contribution in [3.05, 3.63) is 46.8 Å². The lowest BCUT2D eigenvalue weighted by Crippen LogP contribution is -2.31. The van der Waals surface area contributed by atoms with Crippen LogP contribution in [0.2, 0.25) is 0 Å². The molecule has 182 valence electrons. The number of aromatic nitrogens is 2. The number of halogens is 9. The Kier molecular flexibility index (Phi) is 6.85. The molecule has 0 spiro atoms. The monoisotopic (exact) mass is 512 g/mol. The number of nitrogens with zero attached hydrogens (tertiary/aromatic N) is 2. The van der Waals surface area contributed by atoms with Gasteiger partial charge in [0.2, 0.25) is 5.95 Å². The molecule has 1 aromatic carbocycles. The summed E-state index contributed by atoms with van der Waals surface area (Å²) >= 11 is 0. The highest BCUT2D eigenvalue weighted by molar-refractivity contribution is 7.89. The van der Waals surface area contributed by atoms with Crippen molar-refractivity contribution in [2.45, 2.75) is 23.4 Å². The van der Waals surface area contributed by atoms with Crippen LogP contribution in [0, 0.1) is 0 Å². The molecule has 8 nitrogen and oxygen atoms in total. The summed E-state index contributed by atoms with van der Waals surface area (Å²) in [6, 6.07) is -0.570. The minimum absolute atomic E-state index is 0.123. The number of carbonyl (C=O) groups excluding carboxylic acids is 1. The second-order valence-corrected chi connectivity index (χ2v) is 7.60. The van der Waals surface area contributed by atoms with Gasteiger partial charge in [-0.2, -0.15) is 39.5 Å². The number of anilines is 1. The fourth-order valence-electron chi connectivity index (χ4n) is 2.17. The summed E-state index contributed by atoms with van der Waals surface area (Å²) in [5.74, 6) is -2.63. The van der Waals surface area contributed by atoms with Gasteiger partial charge < -0.3 is 4.74 Å². The van der Waals surface area contributed by atoms with E-state index in [4.69, 9.17) is 0 Å². The molecule has 1 heterocycles. The number of hydrogen-bond acceptors (Lipinski definition) is 7. The Morgan fingerprint density at radius 3 is 1.85 bits per heavy atom. The van der Waals surface area contributed by atoms with Gasteiger partial charge in [0.1, 0.15) is 5.56 Å². The summed E-state index contributed by atoms with van der Waals surface area (Å²) in [5.41, 5.74) is -5.38. The molecule has 2 aromatic rings. The summed E-state index contributed by atoms with van der Waals surface area (Å²) in [6.07, 6.45) is -15.6. The van der Waals surface area contributed by atoms with E-state index in [1.807, 2.05) is 0 Å². The van der Waals surface area contributed by atoms with E-state index in [9.17, 15) is 52.7 Å². The number of hydrazine groups is 1. The summed E-state index contributed by atoms with van der Waals surface area (Å²) in [6.45, 7) is 0. The highest BCUT2D eigenvalue weighted by Crippen LogP contribution is 2.37. The van der Waals surface area contributed by atoms with E-state index in [2.05, 4.69) is 14.7 Å². The van der Waals surface area contributed by atoms with E-state index in [1.165, 1.54) is 10.3 Å². The smallest absolute Gasteiger partial charge is 0.434 e. The van der Waals surface area contributed by atoms with Crippen LogP contribution in [-0.4, -0.2) is 31.5 Å². The first-order valence-corrected chi connectivity index (χ1v) is 9.44. The van der Waals surface area contributed by atoms with Crippen LogP contribution >= 0.6 is 0 Å². The summed E-state index contributed by atoms with van der Waals surface area (Å²) < 4.78 is 145. The first-order chi connectivity index (χ1) is 14.9. The number of methoxy groups -OCH3 is 1. The van der Waals surface area contributed by atoms with Crippen molar-refractivity contribution < 1.29 is 57.5 Å². The Hall–Kier alpha value is -3.15. The van der Waals surface area contributed by atoms with Crippen molar-refractivity contribution >= 4 is 21.9 Å². The van der Waals surface area contributed by atoms with E-state index in [0.717, 1.165) is 7.11 Å². The van der Waals surface area contributed by atoms with Crippen molar-refractivity contribution in [3.8, 4) is 0 Å². The van der Waals surface area contributed by atoms with Gasteiger partial charge in [-0.05, 0) is 18.2 Å². The first-order valence-electron chi connectivity index (χ1n) is 7.96. The second-order valence-electron chi connectivity index (χ2n) is 5.92. The Bertz CT molecular complexity index is 1130. The third kappa shape index (κ3) is 6.21. The lowest BCUT2D eigenvalue weighted by atomic mass is 10.1. The topological polar surface area (TPSA) is 110 Å². The maximum Gasteiger partial charge on any atom is 0.434 e. The van der Waals surface area contributed by atoms with Crippen LogP contribution in [0.25, 0.3) is 0 Å². The third-order valence-corrected chi connectivity index (χ3v) is 4.86. The molecule has 0 amide bonds. The first kappa shape index (κ1) is 26.1. The molecule has 0 aliphatic rings. The van der Waals surface area contributed by atoms with E-state index in [-0.39, 0.29) is 18.2 Å². The Balaban J connectivity index is 2.44. The van der Waals surface area contributed by atoms with Gasteiger partial charge in [0.25, 0.3) is 10.0 Å². The molecule has 0 saturated heterocycles. The fourth-order valence-corrected chi connectivity index (χ4v) is 3.08. The van der Waals surface area contributed by atoms with Crippen LogP contribution in [0.1, 0.15) is 27.2 Å². The number of rotatable bonds is 5. The SMILES string of the molecule is COC(=O)c1cnc(NNS(=O)(=O)c2cc(C(F)(F)F)cc(C(F)(F)F)c2)nc1C(F)(F)F. The summed E-state index contributed by atoms with van der Waals surface area (Å²) in [5, 5.41) is 0. The minimum atomic E-state index is -5.35. The predicted molar refractivity (Wildman–Crippen MR) is 88.8 cm³/mol. The van der Waals surface area contributed by atoms with E-state index < -0.39 is 67.7 Å². The molecule has 2 rings (SSSR count). The van der Waals surface area contributed by atoms with E-state index in [1.54, 1.807) is 0 Å². The van der Waals surface area contributed by atoms with Crippen LogP contribution < -0.4 is 10.3 Å². The fraction of sp³-hybridized carbons (Fsp3) is 0.267. The van der Waals surface area contributed by atoms with Crippen molar-refractivity contribution in [1.82, 2.24) is 14.8 Å². The average Bonchev–Trinajstić information content (AvgIpc) is 2.69. The Morgan fingerprint density at radius 2 is 1.42 bits per heavy atom. The molecule has 2 N–H and O–H groups in total. The van der Waals surface area contributed by atoms with Crippen molar-refractivity contribution in [3.63, 3.8) is 0 Å². The number of nitrogens with one attached hydrogen (secondary N) is 2. The molecule has 0 radical (unpaired) electrons. The third-order valence-electron chi connectivity index (χ3n) is 3.63. The van der Waals surface area contributed by atoms with Crippen molar-refractivity contribution in [2.24, 2.45) is 0 Å². The lowest BCUT2D eigenvalue weighted by Gasteiger charge is -2.15.